The van der Waals surface area contributed by atoms with Gasteiger partial charge >= 0.3 is 0 Å². The van der Waals surface area contributed by atoms with Crippen molar-refractivity contribution in [3.8, 4) is 5.75 Å². The van der Waals surface area contributed by atoms with Crippen LogP contribution in [-0.2, 0) is 11.3 Å². The van der Waals surface area contributed by atoms with E-state index in [1.807, 2.05) is 42.5 Å². The van der Waals surface area contributed by atoms with E-state index in [9.17, 15) is 14.4 Å². The fraction of sp³-hybridized carbons (Fsp3) is 0.0800. The molecule has 3 amide bonds. The Balaban J connectivity index is 1.46. The second-order valence-corrected chi connectivity index (χ2v) is 8.27. The van der Waals surface area contributed by atoms with E-state index in [0.717, 1.165) is 15.6 Å². The minimum absolute atomic E-state index is 0.210. The third-order valence-corrected chi connectivity index (χ3v) is 5.94. The highest BCUT2D eigenvalue weighted by molar-refractivity contribution is 7.21. The van der Waals surface area contributed by atoms with Gasteiger partial charge in [-0.2, -0.15) is 0 Å². The van der Waals surface area contributed by atoms with Crippen molar-refractivity contribution in [2.24, 2.45) is 5.73 Å². The van der Waals surface area contributed by atoms with Crippen molar-refractivity contribution in [2.45, 2.75) is 6.54 Å². The number of fused-ring (bicyclic) bond motifs is 1. The van der Waals surface area contributed by atoms with E-state index in [-0.39, 0.29) is 25.0 Å². The van der Waals surface area contributed by atoms with Gasteiger partial charge in [-0.15, -0.1) is 11.3 Å². The van der Waals surface area contributed by atoms with Gasteiger partial charge in [0, 0.05) is 27.9 Å². The van der Waals surface area contributed by atoms with Crippen LogP contribution in [-0.4, -0.2) is 24.3 Å². The monoisotopic (exact) mass is 459 g/mol. The smallest absolute Gasteiger partial charge is 0.265 e. The van der Waals surface area contributed by atoms with Crippen LogP contribution in [0.1, 0.15) is 25.6 Å². The molecule has 1 heterocycles. The number of nitrogens with two attached hydrogens (primary N) is 1. The van der Waals surface area contributed by atoms with Crippen molar-refractivity contribution in [1.29, 1.82) is 0 Å². The lowest BCUT2D eigenvalue weighted by Gasteiger charge is -2.10. The van der Waals surface area contributed by atoms with Crippen LogP contribution in [0.2, 0.25) is 0 Å². The number of carbonyl (C=O) groups excluding carboxylic acids is 3. The molecule has 166 valence electrons. The van der Waals surface area contributed by atoms with Gasteiger partial charge in [0.2, 0.25) is 0 Å². The molecule has 0 bridgehead atoms. The fourth-order valence-electron chi connectivity index (χ4n) is 3.27. The van der Waals surface area contributed by atoms with Gasteiger partial charge in [-0.3, -0.25) is 14.4 Å². The molecule has 4 aromatic rings. The summed E-state index contributed by atoms with van der Waals surface area (Å²) in [6, 6.07) is 23.6. The summed E-state index contributed by atoms with van der Waals surface area (Å²) in [5, 5.41) is 6.49. The molecular formula is C25H21N3O4S. The molecule has 33 heavy (non-hydrogen) atoms. The van der Waals surface area contributed by atoms with Crippen LogP contribution in [0, 0.1) is 0 Å². The van der Waals surface area contributed by atoms with Gasteiger partial charge in [-0.05, 0) is 42.0 Å². The first-order valence-corrected chi connectivity index (χ1v) is 11.0. The first kappa shape index (κ1) is 22.0. The first-order chi connectivity index (χ1) is 16.0. The number of hydrogen-bond acceptors (Lipinski definition) is 5. The van der Waals surface area contributed by atoms with Crippen LogP contribution in [0.3, 0.4) is 0 Å². The number of primary amides is 1. The summed E-state index contributed by atoms with van der Waals surface area (Å²) >= 11 is 1.28. The predicted octanol–water partition coefficient (Wildman–Crippen LogP) is 3.95. The number of rotatable bonds is 8. The van der Waals surface area contributed by atoms with Crippen LogP contribution in [0.5, 0.6) is 5.75 Å². The molecule has 0 spiro atoms. The Hall–Kier alpha value is -4.17. The summed E-state index contributed by atoms with van der Waals surface area (Å²) < 4.78 is 6.43. The van der Waals surface area contributed by atoms with Crippen molar-refractivity contribution in [1.82, 2.24) is 5.32 Å². The standard InChI is InChI=1S/C25H21N3O4S/c26-21(29)15-32-22-19-11-4-5-12-20(19)33-23(22)25(31)27-14-16-7-6-10-18(13-16)28-24(30)17-8-2-1-3-9-17/h1-13H,14-15H2,(H2,26,29)(H,27,31)(H,28,30). The SMILES string of the molecule is NC(=O)COc1c(C(=O)NCc2cccc(NC(=O)c3ccccc3)c2)sc2ccccc12. The van der Waals surface area contributed by atoms with Gasteiger partial charge in [-0.25, -0.2) is 0 Å². The molecule has 3 aromatic carbocycles. The molecule has 0 fully saturated rings. The van der Waals surface area contributed by atoms with Crippen molar-refractivity contribution in [2.75, 3.05) is 11.9 Å². The molecule has 1 aromatic heterocycles. The van der Waals surface area contributed by atoms with Crippen molar-refractivity contribution in [3.63, 3.8) is 0 Å². The Bertz CT molecular complexity index is 1320. The summed E-state index contributed by atoms with van der Waals surface area (Å²) in [5.74, 6) is -0.811. The predicted molar refractivity (Wildman–Crippen MR) is 129 cm³/mol. The number of amides is 3. The number of benzene rings is 3. The molecule has 0 saturated heterocycles. The second-order valence-electron chi connectivity index (χ2n) is 7.21. The number of thiophene rings is 1. The van der Waals surface area contributed by atoms with E-state index in [0.29, 0.717) is 21.9 Å². The van der Waals surface area contributed by atoms with Gasteiger partial charge in [0.25, 0.3) is 17.7 Å². The normalized spacial score (nSPS) is 10.5. The van der Waals surface area contributed by atoms with Gasteiger partial charge in [-0.1, -0.05) is 42.5 Å². The van der Waals surface area contributed by atoms with Gasteiger partial charge in [0.15, 0.2) is 12.4 Å². The quantitative estimate of drug-likeness (QED) is 0.371. The topological polar surface area (TPSA) is 111 Å². The maximum Gasteiger partial charge on any atom is 0.265 e. The maximum atomic E-state index is 12.9. The number of hydrogen-bond donors (Lipinski definition) is 3. The number of nitrogens with one attached hydrogen (secondary N) is 2. The van der Waals surface area contributed by atoms with Crippen LogP contribution >= 0.6 is 11.3 Å². The molecule has 0 aliphatic carbocycles. The van der Waals surface area contributed by atoms with E-state index in [4.69, 9.17) is 10.5 Å². The number of ether oxygens (including phenoxy) is 1. The van der Waals surface area contributed by atoms with E-state index in [1.54, 1.807) is 36.4 Å². The minimum Gasteiger partial charge on any atom is -0.481 e. The minimum atomic E-state index is -0.619. The molecule has 0 unspecified atom stereocenters. The maximum absolute atomic E-state index is 12.9. The molecular weight excluding hydrogens is 438 g/mol. The number of anilines is 1. The third-order valence-electron chi connectivity index (χ3n) is 4.79. The van der Waals surface area contributed by atoms with E-state index < -0.39 is 5.91 Å². The zero-order chi connectivity index (χ0) is 23.2. The zero-order valence-corrected chi connectivity index (χ0v) is 18.4. The van der Waals surface area contributed by atoms with Crippen LogP contribution in [0.25, 0.3) is 10.1 Å². The van der Waals surface area contributed by atoms with Crippen molar-refractivity contribution in [3.05, 3.63) is 94.9 Å². The Morgan fingerprint density at radius 2 is 1.64 bits per heavy atom. The van der Waals surface area contributed by atoms with E-state index >= 15 is 0 Å². The lowest BCUT2D eigenvalue weighted by molar-refractivity contribution is -0.119. The lowest BCUT2D eigenvalue weighted by atomic mass is 10.1. The molecule has 8 heteroatoms. The average Bonchev–Trinajstić information content (AvgIpc) is 3.20. The summed E-state index contributed by atoms with van der Waals surface area (Å²) in [7, 11) is 0. The van der Waals surface area contributed by atoms with Crippen LogP contribution in [0.4, 0.5) is 5.69 Å². The molecule has 0 saturated carbocycles. The second kappa shape index (κ2) is 9.97. The lowest BCUT2D eigenvalue weighted by Crippen LogP contribution is -2.24. The molecule has 0 atom stereocenters. The summed E-state index contributed by atoms with van der Waals surface area (Å²) in [5.41, 5.74) is 7.21. The molecule has 0 radical (unpaired) electrons. The zero-order valence-electron chi connectivity index (χ0n) is 17.5. The Morgan fingerprint density at radius 3 is 2.42 bits per heavy atom. The van der Waals surface area contributed by atoms with Gasteiger partial charge in [0.1, 0.15) is 4.88 Å². The van der Waals surface area contributed by atoms with Gasteiger partial charge in [0.05, 0.1) is 0 Å². The van der Waals surface area contributed by atoms with E-state index in [2.05, 4.69) is 10.6 Å². The molecule has 0 aliphatic rings. The highest BCUT2D eigenvalue weighted by Crippen LogP contribution is 2.37. The molecule has 4 rings (SSSR count). The highest BCUT2D eigenvalue weighted by Gasteiger charge is 2.20. The third kappa shape index (κ3) is 5.36. The van der Waals surface area contributed by atoms with Crippen LogP contribution in [0.15, 0.2) is 78.9 Å². The van der Waals surface area contributed by atoms with Crippen molar-refractivity contribution < 1.29 is 19.1 Å². The first-order valence-electron chi connectivity index (χ1n) is 10.2. The summed E-state index contributed by atoms with van der Waals surface area (Å²) in [6.07, 6.45) is 0. The molecule has 7 nitrogen and oxygen atoms in total. The van der Waals surface area contributed by atoms with E-state index in [1.165, 1.54) is 11.3 Å². The Kier molecular flexibility index (Phi) is 6.66. The largest absolute Gasteiger partial charge is 0.481 e. The van der Waals surface area contributed by atoms with Crippen LogP contribution < -0.4 is 21.1 Å². The Morgan fingerprint density at radius 1 is 0.879 bits per heavy atom. The molecule has 4 N–H and O–H groups in total. The molecule has 0 aliphatic heterocycles. The fourth-order valence-corrected chi connectivity index (χ4v) is 4.34. The van der Waals surface area contributed by atoms with Crippen molar-refractivity contribution >= 4 is 44.8 Å². The Labute approximate surface area is 194 Å². The average molecular weight is 460 g/mol. The van der Waals surface area contributed by atoms with Gasteiger partial charge < -0.3 is 21.1 Å². The number of carbonyl (C=O) groups is 3. The summed E-state index contributed by atoms with van der Waals surface area (Å²) in [4.78, 5) is 36.9. The summed E-state index contributed by atoms with van der Waals surface area (Å²) in [6.45, 7) is -0.0679. The highest BCUT2D eigenvalue weighted by atomic mass is 32.1.